The van der Waals surface area contributed by atoms with Crippen molar-refractivity contribution in [3.63, 3.8) is 0 Å². The second-order valence-electron chi connectivity index (χ2n) is 2.33. The standard InChI is InChI=1S/C6H8N2O3S/c1-5(9)6-2-3-8(4-6)12(7,10)11/h2-4H,1H3,(H2,7,10,11). The van der Waals surface area contributed by atoms with Gasteiger partial charge in [-0.25, -0.2) is 9.11 Å². The van der Waals surface area contributed by atoms with Crippen LogP contribution in [0.3, 0.4) is 0 Å². The van der Waals surface area contributed by atoms with Crippen molar-refractivity contribution < 1.29 is 13.2 Å². The molecule has 0 saturated heterocycles. The van der Waals surface area contributed by atoms with Crippen molar-refractivity contribution in [2.75, 3.05) is 0 Å². The van der Waals surface area contributed by atoms with Crippen LogP contribution in [0, 0.1) is 0 Å². The molecule has 0 fully saturated rings. The maximum absolute atomic E-state index is 10.7. The van der Waals surface area contributed by atoms with Gasteiger partial charge in [0.05, 0.1) is 0 Å². The molecule has 0 aliphatic rings. The Bertz CT molecular complexity index is 404. The van der Waals surface area contributed by atoms with Gasteiger partial charge >= 0.3 is 10.2 Å². The maximum Gasteiger partial charge on any atom is 0.302 e. The monoisotopic (exact) mass is 188 g/mol. The van der Waals surface area contributed by atoms with Crippen LogP contribution in [0.2, 0.25) is 0 Å². The summed E-state index contributed by atoms with van der Waals surface area (Å²) in [5.74, 6) is -0.197. The smallest absolute Gasteiger partial charge is 0.294 e. The molecule has 1 rings (SSSR count). The third-order valence-electron chi connectivity index (χ3n) is 1.37. The van der Waals surface area contributed by atoms with E-state index in [2.05, 4.69) is 0 Å². The van der Waals surface area contributed by atoms with E-state index >= 15 is 0 Å². The molecule has 0 radical (unpaired) electrons. The van der Waals surface area contributed by atoms with Crippen LogP contribution >= 0.6 is 0 Å². The third kappa shape index (κ3) is 1.72. The van der Waals surface area contributed by atoms with Crippen LogP contribution in [0.1, 0.15) is 17.3 Å². The predicted molar refractivity (Wildman–Crippen MR) is 42.9 cm³/mol. The summed E-state index contributed by atoms with van der Waals surface area (Å²) in [6.07, 6.45) is 2.41. The van der Waals surface area contributed by atoms with Crippen molar-refractivity contribution in [3.8, 4) is 0 Å². The molecule has 66 valence electrons. The lowest BCUT2D eigenvalue weighted by Crippen LogP contribution is -2.20. The number of ketones is 1. The topological polar surface area (TPSA) is 82.2 Å². The number of carbonyl (C=O) groups excluding carboxylic acids is 1. The van der Waals surface area contributed by atoms with Gasteiger partial charge in [0.2, 0.25) is 0 Å². The van der Waals surface area contributed by atoms with Crippen molar-refractivity contribution in [1.82, 2.24) is 3.97 Å². The Hall–Kier alpha value is -1.14. The van der Waals surface area contributed by atoms with E-state index < -0.39 is 10.2 Å². The normalized spacial score (nSPS) is 11.5. The van der Waals surface area contributed by atoms with E-state index in [9.17, 15) is 13.2 Å². The number of nitrogens with two attached hydrogens (primary N) is 1. The van der Waals surface area contributed by atoms with Gasteiger partial charge in [-0.05, 0) is 13.0 Å². The Labute approximate surface area is 70.0 Å². The maximum atomic E-state index is 10.7. The van der Waals surface area contributed by atoms with E-state index in [-0.39, 0.29) is 5.78 Å². The minimum Gasteiger partial charge on any atom is -0.294 e. The first-order valence-electron chi connectivity index (χ1n) is 3.13. The summed E-state index contributed by atoms with van der Waals surface area (Å²) in [4.78, 5) is 10.7. The average molecular weight is 188 g/mol. The molecule has 5 nitrogen and oxygen atoms in total. The van der Waals surface area contributed by atoms with Gasteiger partial charge < -0.3 is 0 Å². The first kappa shape index (κ1) is 8.95. The molecule has 0 bridgehead atoms. The van der Waals surface area contributed by atoms with Crippen molar-refractivity contribution in [3.05, 3.63) is 24.0 Å². The van der Waals surface area contributed by atoms with Crippen LogP contribution in [0.25, 0.3) is 0 Å². The molecule has 0 amide bonds. The number of rotatable bonds is 2. The number of aromatic nitrogens is 1. The molecule has 0 aliphatic carbocycles. The zero-order valence-corrected chi connectivity index (χ0v) is 7.21. The van der Waals surface area contributed by atoms with E-state index in [1.165, 1.54) is 25.4 Å². The summed E-state index contributed by atoms with van der Waals surface area (Å²) in [7, 11) is -3.75. The van der Waals surface area contributed by atoms with E-state index in [0.29, 0.717) is 5.56 Å². The van der Waals surface area contributed by atoms with Gasteiger partial charge in [0.25, 0.3) is 0 Å². The molecule has 0 aliphatic heterocycles. The molecule has 6 heteroatoms. The highest BCUT2D eigenvalue weighted by atomic mass is 32.2. The fraction of sp³-hybridized carbons (Fsp3) is 0.167. The van der Waals surface area contributed by atoms with Gasteiger partial charge in [0.1, 0.15) is 0 Å². The summed E-state index contributed by atoms with van der Waals surface area (Å²) in [6.45, 7) is 1.35. The summed E-state index contributed by atoms with van der Waals surface area (Å²) in [5.41, 5.74) is 0.323. The minimum absolute atomic E-state index is 0.197. The Morgan fingerprint density at radius 1 is 1.58 bits per heavy atom. The third-order valence-corrected chi connectivity index (χ3v) is 2.18. The van der Waals surface area contributed by atoms with Crippen LogP contribution in [0.15, 0.2) is 18.5 Å². The van der Waals surface area contributed by atoms with Gasteiger partial charge in [-0.2, -0.15) is 8.42 Å². The summed E-state index contributed by atoms with van der Waals surface area (Å²) < 4.78 is 22.2. The number of carbonyl (C=O) groups is 1. The largest absolute Gasteiger partial charge is 0.302 e. The predicted octanol–water partition coefficient (Wildman–Crippen LogP) is -0.258. The van der Waals surface area contributed by atoms with E-state index in [4.69, 9.17) is 5.14 Å². The molecule has 0 spiro atoms. The molecular weight excluding hydrogens is 180 g/mol. The van der Waals surface area contributed by atoms with Crippen LogP contribution in [-0.4, -0.2) is 18.2 Å². The molecule has 0 atom stereocenters. The van der Waals surface area contributed by atoms with Crippen molar-refractivity contribution >= 4 is 16.0 Å². The van der Waals surface area contributed by atoms with E-state index in [1.807, 2.05) is 0 Å². The van der Waals surface area contributed by atoms with Crippen LogP contribution < -0.4 is 5.14 Å². The summed E-state index contributed by atoms with van der Waals surface area (Å²) in [6, 6.07) is 1.40. The second-order valence-corrected chi connectivity index (χ2v) is 3.78. The molecule has 2 N–H and O–H groups in total. The Morgan fingerprint density at radius 2 is 2.17 bits per heavy atom. The zero-order valence-electron chi connectivity index (χ0n) is 6.39. The molecule has 1 heterocycles. The highest BCUT2D eigenvalue weighted by Gasteiger charge is 2.07. The number of hydrogen-bond donors (Lipinski definition) is 1. The lowest BCUT2D eigenvalue weighted by atomic mass is 10.2. The van der Waals surface area contributed by atoms with Crippen molar-refractivity contribution in [2.24, 2.45) is 5.14 Å². The lowest BCUT2D eigenvalue weighted by molar-refractivity contribution is 0.101. The summed E-state index contributed by atoms with van der Waals surface area (Å²) in [5, 5.41) is 4.79. The van der Waals surface area contributed by atoms with Crippen molar-refractivity contribution in [2.45, 2.75) is 6.92 Å². The average Bonchev–Trinajstić information content (AvgIpc) is 2.30. The van der Waals surface area contributed by atoms with Crippen LogP contribution in [0.5, 0.6) is 0 Å². The minimum atomic E-state index is -3.75. The molecule has 0 saturated carbocycles. The molecule has 0 unspecified atom stereocenters. The number of hydrogen-bond acceptors (Lipinski definition) is 3. The first-order valence-corrected chi connectivity index (χ1v) is 4.64. The summed E-state index contributed by atoms with van der Waals surface area (Å²) >= 11 is 0. The number of nitrogens with zero attached hydrogens (tertiary/aromatic N) is 1. The first-order chi connectivity index (χ1) is 5.41. The van der Waals surface area contributed by atoms with E-state index in [1.54, 1.807) is 0 Å². The highest BCUT2D eigenvalue weighted by molar-refractivity contribution is 7.87. The zero-order chi connectivity index (χ0) is 9.35. The fourth-order valence-electron chi connectivity index (χ4n) is 0.743. The molecular formula is C6H8N2O3S. The molecule has 1 aromatic rings. The van der Waals surface area contributed by atoms with Gasteiger partial charge in [-0.3, -0.25) is 4.79 Å². The highest BCUT2D eigenvalue weighted by Crippen LogP contribution is 2.02. The Balaban J connectivity index is 3.17. The second kappa shape index (κ2) is 2.72. The lowest BCUT2D eigenvalue weighted by Gasteiger charge is -1.95. The number of Topliss-reactive ketones (excluding diaryl/α,β-unsaturated/α-hetero) is 1. The molecule has 0 aromatic carbocycles. The Morgan fingerprint density at radius 3 is 2.42 bits per heavy atom. The van der Waals surface area contributed by atoms with Gasteiger partial charge in [-0.1, -0.05) is 0 Å². The quantitative estimate of drug-likeness (QED) is 0.649. The van der Waals surface area contributed by atoms with Gasteiger partial charge in [-0.15, -0.1) is 0 Å². The van der Waals surface area contributed by atoms with E-state index in [0.717, 1.165) is 3.97 Å². The molecule has 12 heavy (non-hydrogen) atoms. The van der Waals surface area contributed by atoms with Crippen molar-refractivity contribution in [1.29, 1.82) is 0 Å². The molecule has 1 aromatic heterocycles. The van der Waals surface area contributed by atoms with Crippen LogP contribution in [-0.2, 0) is 10.2 Å². The SMILES string of the molecule is CC(=O)c1ccn(S(N)(=O)=O)c1. The Kier molecular flexibility index (Phi) is 2.03. The van der Waals surface area contributed by atoms with Crippen LogP contribution in [0.4, 0.5) is 0 Å². The van der Waals surface area contributed by atoms with Gasteiger partial charge in [0.15, 0.2) is 5.78 Å². The van der Waals surface area contributed by atoms with Gasteiger partial charge in [0, 0.05) is 18.0 Å². The fourth-order valence-corrected chi connectivity index (χ4v) is 1.23.